The zero-order chi connectivity index (χ0) is 10.1. The van der Waals surface area contributed by atoms with E-state index in [4.69, 9.17) is 11.6 Å². The Kier molecular flexibility index (Phi) is 2.01. The fourth-order valence-electron chi connectivity index (χ4n) is 1.11. The van der Waals surface area contributed by atoms with E-state index in [1.54, 1.807) is 6.07 Å². The Hall–Kier alpha value is -1.75. The van der Waals surface area contributed by atoms with Crippen molar-refractivity contribution < 1.29 is 4.92 Å². The van der Waals surface area contributed by atoms with Gasteiger partial charge in [0.25, 0.3) is 5.69 Å². The van der Waals surface area contributed by atoms with E-state index in [2.05, 4.69) is 9.97 Å². The van der Waals surface area contributed by atoms with Crippen LogP contribution in [0.3, 0.4) is 0 Å². The molecule has 2 aromatic heterocycles. The molecule has 0 fully saturated rings. The highest BCUT2D eigenvalue weighted by molar-refractivity contribution is 6.33. The number of hydrogen-bond acceptors (Lipinski definition) is 4. The average molecular weight is 210 g/mol. The van der Waals surface area contributed by atoms with Crippen LogP contribution in [0.5, 0.6) is 0 Å². The molecule has 14 heavy (non-hydrogen) atoms. The van der Waals surface area contributed by atoms with Crippen LogP contribution in [0, 0.1) is 10.1 Å². The maximum atomic E-state index is 10.4. The van der Waals surface area contributed by atoms with Crippen molar-refractivity contribution in [1.29, 1.82) is 0 Å². The summed E-state index contributed by atoms with van der Waals surface area (Å²) in [6, 6.07) is 3.04. The summed E-state index contributed by atoms with van der Waals surface area (Å²) in [6.07, 6.45) is 2.64. The molecule has 0 radical (unpaired) electrons. The van der Waals surface area contributed by atoms with E-state index >= 15 is 0 Å². The number of halogens is 1. The van der Waals surface area contributed by atoms with Gasteiger partial charge in [-0.2, -0.15) is 0 Å². The Morgan fingerprint density at radius 1 is 1.43 bits per heavy atom. The van der Waals surface area contributed by atoms with E-state index in [0.29, 0.717) is 10.9 Å². The van der Waals surface area contributed by atoms with Crippen molar-refractivity contribution in [2.24, 2.45) is 0 Å². The summed E-state index contributed by atoms with van der Waals surface area (Å²) in [6.45, 7) is 0. The Bertz CT molecular complexity index is 515. The highest BCUT2D eigenvalue weighted by atomic mass is 35.5. The lowest BCUT2D eigenvalue weighted by Gasteiger charge is -1.97. The number of rotatable bonds is 1. The average Bonchev–Trinajstić information content (AvgIpc) is 2.17. The number of fused-ring (bicyclic) bond motifs is 1. The van der Waals surface area contributed by atoms with E-state index < -0.39 is 4.92 Å². The molecule has 0 amide bonds. The van der Waals surface area contributed by atoms with Gasteiger partial charge in [-0.05, 0) is 6.07 Å². The van der Waals surface area contributed by atoms with Gasteiger partial charge < -0.3 is 0 Å². The van der Waals surface area contributed by atoms with E-state index in [0.717, 1.165) is 6.20 Å². The first-order valence-electron chi connectivity index (χ1n) is 3.73. The second-order valence-corrected chi connectivity index (χ2v) is 2.98. The smallest absolute Gasteiger partial charge is 0.258 e. The zero-order valence-electron chi connectivity index (χ0n) is 6.85. The number of nitrogens with zero attached hydrogens (tertiary/aromatic N) is 3. The van der Waals surface area contributed by atoms with Gasteiger partial charge in [0.1, 0.15) is 11.7 Å². The van der Waals surface area contributed by atoms with E-state index in [-0.39, 0.29) is 10.8 Å². The predicted octanol–water partition coefficient (Wildman–Crippen LogP) is 2.19. The van der Waals surface area contributed by atoms with Gasteiger partial charge >= 0.3 is 0 Å². The quantitative estimate of drug-likeness (QED) is 0.410. The van der Waals surface area contributed by atoms with Gasteiger partial charge in [0.15, 0.2) is 5.15 Å². The third-order valence-electron chi connectivity index (χ3n) is 1.75. The number of hydrogen-bond donors (Lipinski definition) is 0. The van der Waals surface area contributed by atoms with Crippen LogP contribution in [0.15, 0.2) is 24.5 Å². The second kappa shape index (κ2) is 3.19. The largest absolute Gasteiger partial charge is 0.288 e. The van der Waals surface area contributed by atoms with Gasteiger partial charge in [0.2, 0.25) is 0 Å². The lowest BCUT2D eigenvalue weighted by Crippen LogP contribution is -1.90. The highest BCUT2D eigenvalue weighted by Crippen LogP contribution is 2.22. The lowest BCUT2D eigenvalue weighted by atomic mass is 10.2. The molecule has 6 heteroatoms. The van der Waals surface area contributed by atoms with Gasteiger partial charge in [-0.1, -0.05) is 11.6 Å². The maximum Gasteiger partial charge on any atom is 0.288 e. The van der Waals surface area contributed by atoms with Crippen molar-refractivity contribution in [3.05, 3.63) is 39.8 Å². The standard InChI is InChI=1S/C8H4ClN3O2/c9-8-7-5(1-2-10-8)3-6(4-11-7)12(13)14/h1-4H. The molecule has 2 rings (SSSR count). The molecule has 0 aliphatic heterocycles. The van der Waals surface area contributed by atoms with Crippen LogP contribution in [0.4, 0.5) is 5.69 Å². The van der Waals surface area contributed by atoms with Gasteiger partial charge in [0, 0.05) is 17.6 Å². The topological polar surface area (TPSA) is 68.9 Å². The Morgan fingerprint density at radius 3 is 2.93 bits per heavy atom. The normalized spacial score (nSPS) is 10.4. The summed E-state index contributed by atoms with van der Waals surface area (Å²) in [5, 5.41) is 11.3. The minimum Gasteiger partial charge on any atom is -0.258 e. The first kappa shape index (κ1) is 8.83. The van der Waals surface area contributed by atoms with Crippen molar-refractivity contribution in [2.75, 3.05) is 0 Å². The van der Waals surface area contributed by atoms with Crippen molar-refractivity contribution >= 4 is 28.2 Å². The molecule has 2 aromatic rings. The number of nitro groups is 1. The molecule has 0 saturated heterocycles. The monoisotopic (exact) mass is 209 g/mol. The number of pyridine rings is 2. The van der Waals surface area contributed by atoms with Crippen LogP contribution in [0.2, 0.25) is 5.15 Å². The minimum absolute atomic E-state index is 0.0558. The molecular weight excluding hydrogens is 206 g/mol. The van der Waals surface area contributed by atoms with Gasteiger partial charge in [-0.15, -0.1) is 0 Å². The third-order valence-corrected chi connectivity index (χ3v) is 2.03. The van der Waals surface area contributed by atoms with Crippen molar-refractivity contribution in [3.63, 3.8) is 0 Å². The summed E-state index contributed by atoms with van der Waals surface area (Å²) in [4.78, 5) is 17.6. The Morgan fingerprint density at radius 2 is 2.21 bits per heavy atom. The van der Waals surface area contributed by atoms with Crippen LogP contribution in [-0.2, 0) is 0 Å². The van der Waals surface area contributed by atoms with Crippen molar-refractivity contribution in [2.45, 2.75) is 0 Å². The van der Waals surface area contributed by atoms with Crippen molar-refractivity contribution in [3.8, 4) is 0 Å². The molecule has 0 aliphatic rings. The second-order valence-electron chi connectivity index (χ2n) is 2.62. The summed E-state index contributed by atoms with van der Waals surface area (Å²) >= 11 is 5.75. The SMILES string of the molecule is O=[N+]([O-])c1cnc2c(Cl)nccc2c1. The predicted molar refractivity (Wildman–Crippen MR) is 51.2 cm³/mol. The fourth-order valence-corrected chi connectivity index (χ4v) is 1.33. The Labute approximate surface area is 83.5 Å². The summed E-state index contributed by atoms with van der Waals surface area (Å²) in [5.41, 5.74) is 0.416. The van der Waals surface area contributed by atoms with Crippen LogP contribution in [-0.4, -0.2) is 14.9 Å². The summed E-state index contributed by atoms with van der Waals surface area (Å²) in [5.74, 6) is 0. The number of aromatic nitrogens is 2. The molecule has 70 valence electrons. The van der Waals surface area contributed by atoms with Crippen LogP contribution >= 0.6 is 11.6 Å². The third kappa shape index (κ3) is 1.38. The Balaban J connectivity index is 2.73. The summed E-state index contributed by atoms with van der Waals surface area (Å²) in [7, 11) is 0. The van der Waals surface area contributed by atoms with Gasteiger partial charge in [-0.25, -0.2) is 9.97 Å². The van der Waals surface area contributed by atoms with E-state index in [1.807, 2.05) is 0 Å². The lowest BCUT2D eigenvalue weighted by molar-refractivity contribution is -0.385. The molecule has 0 atom stereocenters. The van der Waals surface area contributed by atoms with Crippen LogP contribution in [0.1, 0.15) is 0 Å². The first-order chi connectivity index (χ1) is 6.68. The molecule has 2 heterocycles. The molecule has 0 N–H and O–H groups in total. The van der Waals surface area contributed by atoms with Gasteiger partial charge in [0.05, 0.1) is 4.92 Å². The molecule has 0 bridgehead atoms. The zero-order valence-corrected chi connectivity index (χ0v) is 7.60. The molecule has 0 saturated carbocycles. The molecule has 0 spiro atoms. The maximum absolute atomic E-state index is 10.4. The molecule has 0 unspecified atom stereocenters. The van der Waals surface area contributed by atoms with E-state index in [9.17, 15) is 10.1 Å². The minimum atomic E-state index is -0.499. The van der Waals surface area contributed by atoms with E-state index in [1.165, 1.54) is 12.3 Å². The van der Waals surface area contributed by atoms with Gasteiger partial charge in [-0.3, -0.25) is 10.1 Å². The van der Waals surface area contributed by atoms with Crippen LogP contribution in [0.25, 0.3) is 10.9 Å². The van der Waals surface area contributed by atoms with Crippen molar-refractivity contribution in [1.82, 2.24) is 9.97 Å². The molecule has 0 aliphatic carbocycles. The molecular formula is C8H4ClN3O2. The van der Waals surface area contributed by atoms with Crippen LogP contribution < -0.4 is 0 Å². The first-order valence-corrected chi connectivity index (χ1v) is 4.11. The fraction of sp³-hybridized carbons (Fsp3) is 0. The highest BCUT2D eigenvalue weighted by Gasteiger charge is 2.08. The summed E-state index contributed by atoms with van der Waals surface area (Å²) < 4.78 is 0. The molecule has 0 aromatic carbocycles. The molecule has 5 nitrogen and oxygen atoms in total.